The molecule has 0 bridgehead atoms. The zero-order chi connectivity index (χ0) is 6.10. The quantitative estimate of drug-likeness (QED) is 0.525. The van der Waals surface area contributed by atoms with Crippen molar-refractivity contribution in [2.24, 2.45) is 0 Å². The van der Waals surface area contributed by atoms with Gasteiger partial charge in [0.1, 0.15) is 0 Å². The van der Waals surface area contributed by atoms with Crippen molar-refractivity contribution in [3.8, 4) is 0 Å². The van der Waals surface area contributed by atoms with Crippen LogP contribution in [0.2, 0.25) is 0 Å². The summed E-state index contributed by atoms with van der Waals surface area (Å²) in [7, 11) is 0. The fourth-order valence-electron chi connectivity index (χ4n) is 0.749. The van der Waals surface area contributed by atoms with Gasteiger partial charge in [0.2, 0.25) is 5.71 Å². The first-order chi connectivity index (χ1) is 4.47. The van der Waals surface area contributed by atoms with Crippen molar-refractivity contribution < 1.29 is 4.42 Å². The Kier molecular flexibility index (Phi) is 0.803. The smallest absolute Gasteiger partial charge is 0.225 e. The third-order valence-electron chi connectivity index (χ3n) is 1.17. The summed E-state index contributed by atoms with van der Waals surface area (Å²) in [5.74, 6) is 0. The molecule has 0 saturated carbocycles. The van der Waals surface area contributed by atoms with E-state index >= 15 is 0 Å². The standard InChI is InChI=1S/C7H4NO/c1-2-6-3-5-9-7(6)8-4-1/h2-5H. The Labute approximate surface area is 52.1 Å². The number of nitrogens with zero attached hydrogens (tertiary/aromatic N) is 1. The van der Waals surface area contributed by atoms with Crippen molar-refractivity contribution in [2.75, 3.05) is 0 Å². The number of fused-ring (bicyclic) bond motifs is 1. The number of rotatable bonds is 0. The van der Waals surface area contributed by atoms with E-state index < -0.39 is 0 Å². The molecule has 0 aliphatic carbocycles. The third-order valence-corrected chi connectivity index (χ3v) is 1.17. The summed E-state index contributed by atoms with van der Waals surface area (Å²) < 4.78 is 4.99. The second-order valence-corrected chi connectivity index (χ2v) is 1.75. The number of pyridine rings is 1. The van der Waals surface area contributed by atoms with Crippen LogP contribution in [0.3, 0.4) is 0 Å². The van der Waals surface area contributed by atoms with Gasteiger partial charge in [0.05, 0.1) is 6.26 Å². The maximum atomic E-state index is 4.99. The lowest BCUT2D eigenvalue weighted by Crippen LogP contribution is -1.67. The Morgan fingerprint density at radius 2 is 2.56 bits per heavy atom. The van der Waals surface area contributed by atoms with Gasteiger partial charge in [-0.2, -0.15) is 0 Å². The van der Waals surface area contributed by atoms with E-state index in [0.29, 0.717) is 5.71 Å². The fraction of sp³-hybridized carbons (Fsp3) is 0. The van der Waals surface area contributed by atoms with Gasteiger partial charge in [0.25, 0.3) is 0 Å². The minimum absolute atomic E-state index is 0.675. The van der Waals surface area contributed by atoms with Gasteiger partial charge in [-0.3, -0.25) is 0 Å². The molecule has 1 radical (unpaired) electrons. The van der Waals surface area contributed by atoms with E-state index in [0.717, 1.165) is 5.39 Å². The Bertz CT molecular complexity index is 283. The average Bonchev–Trinajstić information content (AvgIpc) is 2.33. The molecule has 2 rings (SSSR count). The lowest BCUT2D eigenvalue weighted by Gasteiger charge is -1.80. The molecule has 0 aromatic carbocycles. The first-order valence-corrected chi connectivity index (χ1v) is 2.66. The average molecular weight is 118 g/mol. The fourth-order valence-corrected chi connectivity index (χ4v) is 0.749. The summed E-state index contributed by atoms with van der Waals surface area (Å²) >= 11 is 0. The maximum absolute atomic E-state index is 4.99. The summed E-state index contributed by atoms with van der Waals surface area (Å²) in [4.78, 5) is 3.92. The van der Waals surface area contributed by atoms with Crippen molar-refractivity contribution in [3.63, 3.8) is 0 Å². The van der Waals surface area contributed by atoms with Gasteiger partial charge >= 0.3 is 0 Å². The van der Waals surface area contributed by atoms with Crippen molar-refractivity contribution in [3.05, 3.63) is 30.7 Å². The Morgan fingerprint density at radius 3 is 3.44 bits per heavy atom. The molecular weight excluding hydrogens is 114 g/mol. The molecule has 2 heteroatoms. The second-order valence-electron chi connectivity index (χ2n) is 1.75. The highest BCUT2D eigenvalue weighted by molar-refractivity contribution is 5.71. The van der Waals surface area contributed by atoms with Gasteiger partial charge in [-0.25, -0.2) is 4.98 Å². The van der Waals surface area contributed by atoms with Crippen molar-refractivity contribution in [1.82, 2.24) is 4.98 Å². The Morgan fingerprint density at radius 1 is 1.56 bits per heavy atom. The molecule has 0 N–H and O–H groups in total. The van der Waals surface area contributed by atoms with E-state index in [1.807, 2.05) is 12.1 Å². The van der Waals surface area contributed by atoms with Crippen LogP contribution in [0.15, 0.2) is 29.0 Å². The van der Waals surface area contributed by atoms with Crippen LogP contribution in [0.1, 0.15) is 0 Å². The number of hydrogen-bond acceptors (Lipinski definition) is 2. The molecule has 2 nitrogen and oxygen atoms in total. The minimum atomic E-state index is 0.675. The molecule has 0 saturated heterocycles. The molecule has 0 aliphatic rings. The summed E-state index contributed by atoms with van der Waals surface area (Å²) in [6.45, 7) is 0. The van der Waals surface area contributed by atoms with Gasteiger partial charge in [-0.1, -0.05) is 0 Å². The largest absolute Gasteiger partial charge is 0.446 e. The van der Waals surface area contributed by atoms with Crippen molar-refractivity contribution in [2.45, 2.75) is 0 Å². The Balaban J connectivity index is 2.95. The van der Waals surface area contributed by atoms with Crippen LogP contribution in [0.4, 0.5) is 0 Å². The zero-order valence-corrected chi connectivity index (χ0v) is 4.66. The van der Waals surface area contributed by atoms with Crippen LogP contribution in [-0.2, 0) is 0 Å². The lowest BCUT2D eigenvalue weighted by molar-refractivity contribution is 0.603. The van der Waals surface area contributed by atoms with Crippen molar-refractivity contribution >= 4 is 11.1 Å². The van der Waals surface area contributed by atoms with Gasteiger partial charge in [-0.15, -0.1) is 0 Å². The van der Waals surface area contributed by atoms with Gasteiger partial charge in [0.15, 0.2) is 0 Å². The molecule has 9 heavy (non-hydrogen) atoms. The SMILES string of the molecule is [c]1cnc2occc2c1. The van der Waals surface area contributed by atoms with Crippen LogP contribution in [-0.4, -0.2) is 4.98 Å². The van der Waals surface area contributed by atoms with Crippen LogP contribution in [0, 0.1) is 6.07 Å². The predicted octanol–water partition coefficient (Wildman–Crippen LogP) is 1.63. The maximum Gasteiger partial charge on any atom is 0.225 e. The van der Waals surface area contributed by atoms with Crippen LogP contribution in [0.5, 0.6) is 0 Å². The molecule has 2 aromatic heterocycles. The molecule has 2 heterocycles. The first kappa shape index (κ1) is 4.56. The van der Waals surface area contributed by atoms with Crippen LogP contribution >= 0.6 is 0 Å². The van der Waals surface area contributed by atoms with Gasteiger partial charge < -0.3 is 4.42 Å². The lowest BCUT2D eigenvalue weighted by atomic mass is 10.4. The van der Waals surface area contributed by atoms with E-state index in [1.54, 1.807) is 12.5 Å². The minimum Gasteiger partial charge on any atom is -0.446 e. The summed E-state index contributed by atoms with van der Waals surface area (Å²) in [6, 6.07) is 6.55. The third kappa shape index (κ3) is 0.598. The van der Waals surface area contributed by atoms with E-state index in [9.17, 15) is 0 Å². The molecule has 0 aliphatic heterocycles. The van der Waals surface area contributed by atoms with E-state index in [-0.39, 0.29) is 0 Å². The Hall–Kier alpha value is -1.31. The molecule has 0 atom stereocenters. The summed E-state index contributed by atoms with van der Waals surface area (Å²) in [6.07, 6.45) is 3.21. The molecule has 43 valence electrons. The molecule has 2 aromatic rings. The molecule has 0 unspecified atom stereocenters. The second kappa shape index (κ2) is 1.58. The highest BCUT2D eigenvalue weighted by Gasteiger charge is 1.91. The number of furan rings is 1. The monoisotopic (exact) mass is 118 g/mol. The van der Waals surface area contributed by atoms with E-state index in [2.05, 4.69) is 11.1 Å². The highest BCUT2D eigenvalue weighted by Crippen LogP contribution is 2.09. The first-order valence-electron chi connectivity index (χ1n) is 2.66. The molecule has 0 amide bonds. The normalized spacial score (nSPS) is 10.2. The highest BCUT2D eigenvalue weighted by atomic mass is 16.3. The zero-order valence-electron chi connectivity index (χ0n) is 4.66. The number of hydrogen-bond donors (Lipinski definition) is 0. The molecule has 0 fully saturated rings. The van der Waals surface area contributed by atoms with Crippen LogP contribution < -0.4 is 0 Å². The van der Waals surface area contributed by atoms with E-state index in [4.69, 9.17) is 4.42 Å². The van der Waals surface area contributed by atoms with E-state index in [1.165, 1.54) is 0 Å². The van der Waals surface area contributed by atoms with Crippen LogP contribution in [0.25, 0.3) is 11.1 Å². The summed E-state index contributed by atoms with van der Waals surface area (Å²) in [5.41, 5.74) is 0.675. The summed E-state index contributed by atoms with van der Waals surface area (Å²) in [5, 5.41) is 0.998. The van der Waals surface area contributed by atoms with Gasteiger partial charge in [0, 0.05) is 17.6 Å². The van der Waals surface area contributed by atoms with Gasteiger partial charge in [-0.05, 0) is 12.1 Å². The predicted molar refractivity (Wildman–Crippen MR) is 32.8 cm³/mol. The molecular formula is C7H4NO. The number of aromatic nitrogens is 1. The molecule has 0 spiro atoms. The van der Waals surface area contributed by atoms with Crippen molar-refractivity contribution in [1.29, 1.82) is 0 Å². The topological polar surface area (TPSA) is 26.0 Å².